The first kappa shape index (κ1) is 15.4. The highest BCUT2D eigenvalue weighted by Crippen LogP contribution is 2.32. The summed E-state index contributed by atoms with van der Waals surface area (Å²) in [7, 11) is 1.58. The maximum atomic E-state index is 12.2. The number of ketones is 1. The zero-order valence-electron chi connectivity index (χ0n) is 12.8. The lowest BCUT2D eigenvalue weighted by Crippen LogP contribution is -2.16. The Morgan fingerprint density at radius 3 is 2.65 bits per heavy atom. The number of fused-ring (bicyclic) bond motifs is 1. The minimum Gasteiger partial charge on any atom is -0.497 e. The molecule has 1 atom stereocenters. The molecule has 0 radical (unpaired) electrons. The summed E-state index contributed by atoms with van der Waals surface area (Å²) in [6.07, 6.45) is -0.288. The van der Waals surface area contributed by atoms with Crippen molar-refractivity contribution in [1.29, 1.82) is 0 Å². The number of hydrogen-bond donors (Lipinski definition) is 1. The maximum Gasteiger partial charge on any atom is 0.231 e. The van der Waals surface area contributed by atoms with Gasteiger partial charge in [0.05, 0.1) is 13.2 Å². The number of aliphatic hydroxyl groups excluding tert-OH is 1. The first-order chi connectivity index (χ1) is 11.2. The molecular weight excluding hydrogens is 296 g/mol. The van der Waals surface area contributed by atoms with Gasteiger partial charge in [-0.1, -0.05) is 6.07 Å². The third-order valence-corrected chi connectivity index (χ3v) is 3.74. The molecule has 0 unspecified atom stereocenters. The fourth-order valence-corrected chi connectivity index (χ4v) is 2.52. The predicted octanol–water partition coefficient (Wildman–Crippen LogP) is 2.60. The van der Waals surface area contributed by atoms with E-state index in [1.165, 1.54) is 0 Å². The lowest BCUT2D eigenvalue weighted by atomic mass is 10.00. The lowest BCUT2D eigenvalue weighted by molar-refractivity contribution is 0.0881. The van der Waals surface area contributed by atoms with Gasteiger partial charge in [0, 0.05) is 12.0 Å². The van der Waals surface area contributed by atoms with Crippen molar-refractivity contribution in [3.63, 3.8) is 0 Å². The molecule has 0 fully saturated rings. The van der Waals surface area contributed by atoms with Crippen LogP contribution in [0.5, 0.6) is 17.2 Å². The Hall–Kier alpha value is -2.53. The highest BCUT2D eigenvalue weighted by molar-refractivity contribution is 5.96. The van der Waals surface area contributed by atoms with Crippen LogP contribution in [-0.4, -0.2) is 30.9 Å². The standard InChI is InChI=1S/C18H18O5/c1-21-15-5-3-13(4-6-15)16(20)10-14(19)8-12-2-7-17-18(9-12)23-11-22-17/h2-7,9,14,19H,8,10-11H2,1H3/t14-/m0/s1. The number of Topliss-reactive ketones (excluding diaryl/α,β-unsaturated/α-hetero) is 1. The van der Waals surface area contributed by atoms with Gasteiger partial charge in [-0.25, -0.2) is 0 Å². The molecule has 0 amide bonds. The normalized spacial score (nSPS) is 13.7. The highest BCUT2D eigenvalue weighted by Gasteiger charge is 2.17. The number of hydrogen-bond acceptors (Lipinski definition) is 5. The molecule has 1 aliphatic heterocycles. The number of ether oxygens (including phenoxy) is 3. The van der Waals surface area contributed by atoms with Gasteiger partial charge >= 0.3 is 0 Å². The van der Waals surface area contributed by atoms with Crippen molar-refractivity contribution in [1.82, 2.24) is 0 Å². The molecule has 5 nitrogen and oxygen atoms in total. The van der Waals surface area contributed by atoms with Crippen molar-refractivity contribution in [3.8, 4) is 17.2 Å². The van der Waals surface area contributed by atoms with Crippen molar-refractivity contribution >= 4 is 5.78 Å². The van der Waals surface area contributed by atoms with Crippen molar-refractivity contribution < 1.29 is 24.1 Å². The molecule has 0 aromatic heterocycles. The Balaban J connectivity index is 1.59. The van der Waals surface area contributed by atoms with Crippen LogP contribution in [0.4, 0.5) is 0 Å². The third kappa shape index (κ3) is 3.63. The zero-order chi connectivity index (χ0) is 16.2. The van der Waals surface area contributed by atoms with Gasteiger partial charge in [0.25, 0.3) is 0 Å². The fourth-order valence-electron chi connectivity index (χ4n) is 2.52. The van der Waals surface area contributed by atoms with E-state index in [4.69, 9.17) is 14.2 Å². The minimum absolute atomic E-state index is 0.0702. The van der Waals surface area contributed by atoms with E-state index in [9.17, 15) is 9.90 Å². The van der Waals surface area contributed by atoms with Gasteiger partial charge in [-0.15, -0.1) is 0 Å². The van der Waals surface area contributed by atoms with E-state index in [-0.39, 0.29) is 19.0 Å². The zero-order valence-corrected chi connectivity index (χ0v) is 12.8. The minimum atomic E-state index is -0.745. The van der Waals surface area contributed by atoms with Crippen molar-refractivity contribution in [2.45, 2.75) is 18.9 Å². The first-order valence-electron chi connectivity index (χ1n) is 7.39. The molecule has 0 spiro atoms. The number of methoxy groups -OCH3 is 1. The van der Waals surface area contributed by atoms with E-state index in [0.717, 1.165) is 5.56 Å². The van der Waals surface area contributed by atoms with Gasteiger partial charge in [-0.2, -0.15) is 0 Å². The van der Waals surface area contributed by atoms with E-state index < -0.39 is 6.10 Å². The Kier molecular flexibility index (Phi) is 4.48. The quantitative estimate of drug-likeness (QED) is 0.830. The second kappa shape index (κ2) is 6.71. The van der Waals surface area contributed by atoms with Gasteiger partial charge in [-0.05, 0) is 48.4 Å². The number of carbonyl (C=O) groups excluding carboxylic acids is 1. The molecule has 0 aliphatic carbocycles. The summed E-state index contributed by atoms with van der Waals surface area (Å²) < 4.78 is 15.6. The number of rotatable bonds is 6. The van der Waals surface area contributed by atoms with Crippen LogP contribution in [0.1, 0.15) is 22.3 Å². The van der Waals surface area contributed by atoms with Crippen LogP contribution in [0.25, 0.3) is 0 Å². The summed E-state index contributed by atoms with van der Waals surface area (Å²) in [4.78, 5) is 12.2. The monoisotopic (exact) mass is 314 g/mol. The van der Waals surface area contributed by atoms with Gasteiger partial charge in [0.2, 0.25) is 6.79 Å². The van der Waals surface area contributed by atoms with Crippen molar-refractivity contribution in [2.75, 3.05) is 13.9 Å². The van der Waals surface area contributed by atoms with Crippen LogP contribution < -0.4 is 14.2 Å². The van der Waals surface area contributed by atoms with Gasteiger partial charge in [0.15, 0.2) is 17.3 Å². The first-order valence-corrected chi connectivity index (χ1v) is 7.39. The third-order valence-electron chi connectivity index (χ3n) is 3.74. The largest absolute Gasteiger partial charge is 0.497 e. The van der Waals surface area contributed by atoms with E-state index in [1.54, 1.807) is 31.4 Å². The van der Waals surface area contributed by atoms with E-state index in [1.807, 2.05) is 18.2 Å². The van der Waals surface area contributed by atoms with Crippen LogP contribution in [0.2, 0.25) is 0 Å². The SMILES string of the molecule is COc1ccc(C(=O)C[C@@H](O)Cc2ccc3c(c2)OCO3)cc1. The summed E-state index contributed by atoms with van der Waals surface area (Å²) in [5.41, 5.74) is 1.47. The highest BCUT2D eigenvalue weighted by atomic mass is 16.7. The average molecular weight is 314 g/mol. The Morgan fingerprint density at radius 2 is 1.91 bits per heavy atom. The predicted molar refractivity (Wildman–Crippen MR) is 84.2 cm³/mol. The molecule has 2 aromatic rings. The van der Waals surface area contributed by atoms with Gasteiger partial charge < -0.3 is 19.3 Å². The number of aliphatic hydroxyl groups is 1. The molecule has 23 heavy (non-hydrogen) atoms. The molecule has 5 heteroatoms. The molecule has 0 bridgehead atoms. The molecule has 1 heterocycles. The summed E-state index contributed by atoms with van der Waals surface area (Å²) in [6.45, 7) is 0.220. The van der Waals surface area contributed by atoms with Crippen LogP contribution >= 0.6 is 0 Å². The summed E-state index contributed by atoms with van der Waals surface area (Å²) in [5.74, 6) is 1.98. The number of benzene rings is 2. The maximum absolute atomic E-state index is 12.2. The Labute approximate surface area is 134 Å². The van der Waals surface area contributed by atoms with Crippen molar-refractivity contribution in [3.05, 3.63) is 53.6 Å². The Morgan fingerprint density at radius 1 is 1.17 bits per heavy atom. The molecule has 0 saturated carbocycles. The summed E-state index contributed by atoms with van der Waals surface area (Å²) in [5, 5.41) is 10.2. The molecule has 120 valence electrons. The topological polar surface area (TPSA) is 65.0 Å². The van der Waals surface area contributed by atoms with Crippen molar-refractivity contribution in [2.24, 2.45) is 0 Å². The number of carbonyl (C=O) groups is 1. The fraction of sp³-hybridized carbons (Fsp3) is 0.278. The van der Waals surface area contributed by atoms with Gasteiger partial charge in [0.1, 0.15) is 5.75 Å². The second-order valence-electron chi connectivity index (χ2n) is 5.40. The van der Waals surface area contributed by atoms with Crippen LogP contribution in [0, 0.1) is 0 Å². The summed E-state index contributed by atoms with van der Waals surface area (Å²) >= 11 is 0. The van der Waals surface area contributed by atoms with E-state index >= 15 is 0 Å². The molecule has 3 rings (SSSR count). The molecule has 1 aliphatic rings. The molecule has 0 saturated heterocycles. The molecule has 2 aromatic carbocycles. The Bertz CT molecular complexity index is 693. The van der Waals surface area contributed by atoms with Crippen LogP contribution in [0.3, 0.4) is 0 Å². The van der Waals surface area contributed by atoms with Gasteiger partial charge in [-0.3, -0.25) is 4.79 Å². The lowest BCUT2D eigenvalue weighted by Gasteiger charge is -2.11. The smallest absolute Gasteiger partial charge is 0.231 e. The van der Waals surface area contributed by atoms with E-state index in [0.29, 0.717) is 29.2 Å². The van der Waals surface area contributed by atoms with E-state index in [2.05, 4.69) is 0 Å². The summed E-state index contributed by atoms with van der Waals surface area (Å²) in [6, 6.07) is 12.4. The molecule has 1 N–H and O–H groups in total. The second-order valence-corrected chi connectivity index (χ2v) is 5.40. The molecular formula is C18H18O5. The average Bonchev–Trinajstić information content (AvgIpc) is 3.02. The van der Waals surface area contributed by atoms with Crippen LogP contribution in [-0.2, 0) is 6.42 Å². The van der Waals surface area contributed by atoms with Crippen LogP contribution in [0.15, 0.2) is 42.5 Å².